The van der Waals surface area contributed by atoms with E-state index in [4.69, 9.17) is 17.0 Å². The van der Waals surface area contributed by atoms with Crippen LogP contribution in [0.3, 0.4) is 0 Å². The van der Waals surface area contributed by atoms with Crippen LogP contribution in [-0.4, -0.2) is 22.2 Å². The van der Waals surface area contributed by atoms with E-state index in [9.17, 15) is 9.59 Å². The van der Waals surface area contributed by atoms with Crippen molar-refractivity contribution in [3.8, 4) is 5.75 Å². The topological polar surface area (TPSA) is 76.1 Å². The molecular formula is C17H15N3O3S. The SMILES string of the molecule is CCOc1ccc(C(=O)Nn2c(=S)[nH]c3ccccc3c2=O)cc1. The number of para-hydroxylation sites is 1. The predicted molar refractivity (Wildman–Crippen MR) is 94.7 cm³/mol. The molecule has 1 amide bonds. The molecule has 2 aromatic carbocycles. The Balaban J connectivity index is 1.93. The standard InChI is InChI=1S/C17H15N3O3S/c1-2-23-12-9-7-11(8-10-12)15(21)19-20-16(22)13-5-3-4-6-14(13)18-17(20)24/h3-10H,2H2,1H3,(H,18,24)(H,19,21). The van der Waals surface area contributed by atoms with Gasteiger partial charge in [0.1, 0.15) is 5.75 Å². The van der Waals surface area contributed by atoms with Crippen molar-refractivity contribution < 1.29 is 9.53 Å². The van der Waals surface area contributed by atoms with E-state index in [0.717, 1.165) is 4.68 Å². The molecule has 2 N–H and O–H groups in total. The highest BCUT2D eigenvalue weighted by Crippen LogP contribution is 2.12. The lowest BCUT2D eigenvalue weighted by Gasteiger charge is -2.10. The van der Waals surface area contributed by atoms with Gasteiger partial charge >= 0.3 is 0 Å². The first-order valence-corrected chi connectivity index (χ1v) is 7.79. The van der Waals surface area contributed by atoms with Crippen molar-refractivity contribution in [1.29, 1.82) is 0 Å². The number of hydrogen-bond donors (Lipinski definition) is 2. The number of ether oxygens (including phenoxy) is 1. The van der Waals surface area contributed by atoms with Gasteiger partial charge in [-0.2, -0.15) is 4.68 Å². The van der Waals surface area contributed by atoms with Crippen LogP contribution in [0.5, 0.6) is 5.75 Å². The fourth-order valence-corrected chi connectivity index (χ4v) is 2.54. The molecule has 3 rings (SSSR count). The number of rotatable bonds is 4. The van der Waals surface area contributed by atoms with E-state index >= 15 is 0 Å². The first-order valence-electron chi connectivity index (χ1n) is 7.38. The molecule has 0 saturated carbocycles. The average Bonchev–Trinajstić information content (AvgIpc) is 2.59. The molecule has 0 aliphatic rings. The molecule has 0 fully saturated rings. The van der Waals surface area contributed by atoms with E-state index in [1.165, 1.54) is 0 Å². The van der Waals surface area contributed by atoms with Crippen LogP contribution >= 0.6 is 12.2 Å². The minimum absolute atomic E-state index is 0.123. The lowest BCUT2D eigenvalue weighted by atomic mass is 10.2. The summed E-state index contributed by atoms with van der Waals surface area (Å²) < 4.78 is 6.50. The lowest BCUT2D eigenvalue weighted by Crippen LogP contribution is -2.34. The Morgan fingerprint density at radius 1 is 1.21 bits per heavy atom. The first-order chi connectivity index (χ1) is 11.6. The van der Waals surface area contributed by atoms with Crippen LogP contribution in [-0.2, 0) is 0 Å². The molecule has 0 bridgehead atoms. The number of aromatic amines is 1. The smallest absolute Gasteiger partial charge is 0.281 e. The number of benzene rings is 2. The van der Waals surface area contributed by atoms with Crippen molar-refractivity contribution in [3.63, 3.8) is 0 Å². The molecule has 122 valence electrons. The van der Waals surface area contributed by atoms with E-state index in [0.29, 0.717) is 28.8 Å². The van der Waals surface area contributed by atoms with Crippen molar-refractivity contribution in [1.82, 2.24) is 9.66 Å². The summed E-state index contributed by atoms with van der Waals surface area (Å²) in [6.07, 6.45) is 0. The number of carbonyl (C=O) groups is 1. The molecule has 0 aliphatic heterocycles. The van der Waals surface area contributed by atoms with Crippen molar-refractivity contribution in [2.75, 3.05) is 12.0 Å². The summed E-state index contributed by atoms with van der Waals surface area (Å²) in [7, 11) is 0. The molecule has 24 heavy (non-hydrogen) atoms. The van der Waals surface area contributed by atoms with Gasteiger partial charge in [-0.1, -0.05) is 12.1 Å². The highest BCUT2D eigenvalue weighted by Gasteiger charge is 2.10. The molecule has 1 aromatic heterocycles. The Morgan fingerprint density at radius 2 is 1.92 bits per heavy atom. The van der Waals surface area contributed by atoms with Gasteiger partial charge in [0.15, 0.2) is 4.77 Å². The van der Waals surface area contributed by atoms with Gasteiger partial charge < -0.3 is 9.72 Å². The summed E-state index contributed by atoms with van der Waals surface area (Å²) in [6.45, 7) is 2.43. The highest BCUT2D eigenvalue weighted by atomic mass is 32.1. The molecule has 0 radical (unpaired) electrons. The van der Waals surface area contributed by atoms with E-state index < -0.39 is 5.91 Å². The van der Waals surface area contributed by atoms with Gasteiger partial charge in [-0.05, 0) is 55.5 Å². The maximum absolute atomic E-state index is 12.5. The average molecular weight is 341 g/mol. The minimum Gasteiger partial charge on any atom is -0.494 e. The Hall–Kier alpha value is -2.93. The number of fused-ring (bicyclic) bond motifs is 1. The van der Waals surface area contributed by atoms with E-state index in [-0.39, 0.29) is 10.3 Å². The van der Waals surface area contributed by atoms with Gasteiger partial charge in [-0.15, -0.1) is 0 Å². The summed E-state index contributed by atoms with van der Waals surface area (Å²) >= 11 is 5.16. The quantitative estimate of drug-likeness (QED) is 0.716. The number of nitrogens with zero attached hydrogens (tertiary/aromatic N) is 1. The Labute approximate surface area is 142 Å². The highest BCUT2D eigenvalue weighted by molar-refractivity contribution is 7.71. The summed E-state index contributed by atoms with van der Waals surface area (Å²) in [4.78, 5) is 27.8. The fourth-order valence-electron chi connectivity index (χ4n) is 2.30. The Kier molecular flexibility index (Phi) is 4.43. The van der Waals surface area contributed by atoms with Crippen LogP contribution in [0.2, 0.25) is 0 Å². The van der Waals surface area contributed by atoms with Crippen LogP contribution in [0.25, 0.3) is 10.9 Å². The summed E-state index contributed by atoms with van der Waals surface area (Å²) in [5, 5.41) is 0.443. The maximum atomic E-state index is 12.5. The molecule has 3 aromatic rings. The van der Waals surface area contributed by atoms with E-state index in [2.05, 4.69) is 10.4 Å². The molecular weight excluding hydrogens is 326 g/mol. The number of aromatic nitrogens is 2. The van der Waals surface area contributed by atoms with Crippen LogP contribution in [0.4, 0.5) is 0 Å². The molecule has 1 heterocycles. The minimum atomic E-state index is -0.435. The number of amides is 1. The number of carbonyl (C=O) groups excluding carboxylic acids is 1. The molecule has 0 unspecified atom stereocenters. The maximum Gasteiger partial charge on any atom is 0.281 e. The van der Waals surface area contributed by atoms with E-state index in [1.54, 1.807) is 48.5 Å². The zero-order valence-electron chi connectivity index (χ0n) is 12.9. The number of hydrogen-bond acceptors (Lipinski definition) is 4. The number of nitrogens with one attached hydrogen (secondary N) is 2. The van der Waals surface area contributed by atoms with Crippen LogP contribution in [0.15, 0.2) is 53.3 Å². The summed E-state index contributed by atoms with van der Waals surface area (Å²) in [5.74, 6) is 0.240. The predicted octanol–water partition coefficient (Wildman–Crippen LogP) is 2.84. The first kappa shape index (κ1) is 15.9. The van der Waals surface area contributed by atoms with Crippen molar-refractivity contribution in [2.24, 2.45) is 0 Å². The summed E-state index contributed by atoms with van der Waals surface area (Å²) in [5.41, 5.74) is 3.17. The third-order valence-corrected chi connectivity index (χ3v) is 3.73. The molecule has 7 heteroatoms. The van der Waals surface area contributed by atoms with Crippen LogP contribution in [0.1, 0.15) is 17.3 Å². The van der Waals surface area contributed by atoms with Crippen molar-refractivity contribution in [2.45, 2.75) is 6.92 Å². The van der Waals surface area contributed by atoms with Crippen LogP contribution in [0, 0.1) is 4.77 Å². The fraction of sp³-hybridized carbons (Fsp3) is 0.118. The molecule has 0 spiro atoms. The molecule has 6 nitrogen and oxygen atoms in total. The van der Waals surface area contributed by atoms with Crippen molar-refractivity contribution in [3.05, 3.63) is 69.2 Å². The van der Waals surface area contributed by atoms with Gasteiger partial charge in [0, 0.05) is 5.56 Å². The third kappa shape index (κ3) is 3.07. The van der Waals surface area contributed by atoms with E-state index in [1.807, 2.05) is 6.92 Å². The zero-order chi connectivity index (χ0) is 17.1. The van der Waals surface area contributed by atoms with Crippen LogP contribution < -0.4 is 15.7 Å². The summed E-state index contributed by atoms with van der Waals surface area (Å²) in [6, 6.07) is 13.6. The second-order valence-corrected chi connectivity index (χ2v) is 5.40. The molecule has 0 atom stereocenters. The second-order valence-electron chi connectivity index (χ2n) is 5.01. The normalized spacial score (nSPS) is 10.5. The molecule has 0 saturated heterocycles. The van der Waals surface area contributed by atoms with Gasteiger partial charge in [0.25, 0.3) is 11.5 Å². The van der Waals surface area contributed by atoms with Crippen molar-refractivity contribution >= 4 is 29.0 Å². The second kappa shape index (κ2) is 6.67. The molecule has 0 aliphatic carbocycles. The Bertz CT molecular complexity index is 1010. The van der Waals surface area contributed by atoms with Gasteiger partial charge in [-0.25, -0.2) is 0 Å². The largest absolute Gasteiger partial charge is 0.494 e. The zero-order valence-corrected chi connectivity index (χ0v) is 13.7. The van der Waals surface area contributed by atoms with Gasteiger partial charge in [-0.3, -0.25) is 15.0 Å². The van der Waals surface area contributed by atoms with Gasteiger partial charge in [0.05, 0.1) is 17.5 Å². The number of H-pyrrole nitrogens is 1. The Morgan fingerprint density at radius 3 is 2.62 bits per heavy atom. The monoisotopic (exact) mass is 341 g/mol. The lowest BCUT2D eigenvalue weighted by molar-refractivity contribution is 0.101. The van der Waals surface area contributed by atoms with Gasteiger partial charge in [0.2, 0.25) is 0 Å². The third-order valence-electron chi connectivity index (χ3n) is 3.45.